The van der Waals surface area contributed by atoms with Gasteiger partial charge in [0.25, 0.3) is 0 Å². The summed E-state index contributed by atoms with van der Waals surface area (Å²) in [5.74, 6) is -4.82. The molecule has 0 aliphatic heterocycles. The number of carbonyl (C=O) groups is 3. The molecular weight excluding hydrogens is 312 g/mol. The Hall–Kier alpha value is -1.32. The third-order valence-corrected chi connectivity index (χ3v) is 5.25. The van der Waals surface area contributed by atoms with Gasteiger partial charge in [0.1, 0.15) is 5.54 Å². The number of nitrogens with one attached hydrogen (secondary N) is 1. The standard InChI is InChI=1S/C13H20N2O6S/c1-22-3-2-5(14)10(17)15-13(12(20)21)4-6(16)7-8(9(7)13)11(18)19/h5-9,16H,2-4,14H2,1H3,(H,15,17)(H,18,19)(H,20,21)/t5?,6-,7-,8-,9-,13-/m0/s1. The van der Waals surface area contributed by atoms with Crippen molar-refractivity contribution in [3.8, 4) is 0 Å². The quantitative estimate of drug-likeness (QED) is 0.387. The number of fused-ring (bicyclic) bond motifs is 1. The highest BCUT2D eigenvalue weighted by Gasteiger charge is 2.75. The average molecular weight is 332 g/mol. The van der Waals surface area contributed by atoms with Gasteiger partial charge >= 0.3 is 11.9 Å². The molecule has 0 spiro atoms. The van der Waals surface area contributed by atoms with Crippen LogP contribution in [0.2, 0.25) is 0 Å². The lowest BCUT2D eigenvalue weighted by Gasteiger charge is -2.30. The molecule has 2 rings (SSSR count). The van der Waals surface area contributed by atoms with Crippen molar-refractivity contribution in [3.05, 3.63) is 0 Å². The Labute approximate surface area is 131 Å². The van der Waals surface area contributed by atoms with Crippen molar-refractivity contribution in [2.75, 3.05) is 12.0 Å². The SMILES string of the molecule is CSCCC(N)C(=O)N[C@@]1(C(=O)O)C[C@H](O)[C@H]2[C@H](C(=O)O)[C@H]21. The van der Waals surface area contributed by atoms with Crippen molar-refractivity contribution in [2.45, 2.75) is 30.5 Å². The van der Waals surface area contributed by atoms with Crippen molar-refractivity contribution >= 4 is 29.6 Å². The van der Waals surface area contributed by atoms with Gasteiger partial charge in [0.2, 0.25) is 5.91 Å². The molecule has 0 saturated heterocycles. The monoisotopic (exact) mass is 332 g/mol. The third-order valence-electron chi connectivity index (χ3n) is 4.60. The van der Waals surface area contributed by atoms with Crippen LogP contribution in [0.3, 0.4) is 0 Å². The molecule has 0 bridgehead atoms. The molecule has 1 amide bonds. The molecule has 22 heavy (non-hydrogen) atoms. The molecule has 0 aromatic rings. The van der Waals surface area contributed by atoms with E-state index in [0.717, 1.165) is 0 Å². The molecule has 8 nitrogen and oxygen atoms in total. The van der Waals surface area contributed by atoms with Gasteiger partial charge in [-0.2, -0.15) is 11.8 Å². The minimum absolute atomic E-state index is 0.192. The molecule has 6 N–H and O–H groups in total. The van der Waals surface area contributed by atoms with Crippen LogP contribution in [-0.4, -0.2) is 62.9 Å². The van der Waals surface area contributed by atoms with E-state index in [-0.39, 0.29) is 6.42 Å². The fourth-order valence-electron chi connectivity index (χ4n) is 3.47. The summed E-state index contributed by atoms with van der Waals surface area (Å²) in [6.07, 6.45) is 1.01. The summed E-state index contributed by atoms with van der Waals surface area (Å²) in [5, 5.41) is 31.0. The molecule has 2 aliphatic carbocycles. The molecule has 0 aromatic heterocycles. The van der Waals surface area contributed by atoms with Crippen LogP contribution >= 0.6 is 11.8 Å². The lowest BCUT2D eigenvalue weighted by molar-refractivity contribution is -0.150. The van der Waals surface area contributed by atoms with E-state index in [1.807, 2.05) is 6.26 Å². The smallest absolute Gasteiger partial charge is 0.329 e. The van der Waals surface area contributed by atoms with Gasteiger partial charge in [0.05, 0.1) is 18.1 Å². The Morgan fingerprint density at radius 1 is 1.41 bits per heavy atom. The van der Waals surface area contributed by atoms with Crippen LogP contribution in [-0.2, 0) is 14.4 Å². The lowest BCUT2D eigenvalue weighted by atomic mass is 9.89. The fraction of sp³-hybridized carbons (Fsp3) is 0.769. The van der Waals surface area contributed by atoms with E-state index in [4.69, 9.17) is 10.8 Å². The average Bonchev–Trinajstić information content (AvgIpc) is 3.13. The van der Waals surface area contributed by atoms with Crippen LogP contribution in [0.15, 0.2) is 0 Å². The number of hydrogen-bond donors (Lipinski definition) is 5. The molecule has 6 atom stereocenters. The van der Waals surface area contributed by atoms with Crippen LogP contribution in [0, 0.1) is 17.8 Å². The summed E-state index contributed by atoms with van der Waals surface area (Å²) in [6, 6.07) is -0.859. The number of rotatable bonds is 7. The van der Waals surface area contributed by atoms with E-state index >= 15 is 0 Å². The predicted octanol–water partition coefficient (Wildman–Crippen LogP) is -1.28. The van der Waals surface area contributed by atoms with Gasteiger partial charge in [0.15, 0.2) is 0 Å². The van der Waals surface area contributed by atoms with Gasteiger partial charge in [-0.15, -0.1) is 0 Å². The second kappa shape index (κ2) is 6.05. The van der Waals surface area contributed by atoms with E-state index in [2.05, 4.69) is 5.32 Å². The van der Waals surface area contributed by atoms with Gasteiger partial charge < -0.3 is 26.4 Å². The number of aliphatic hydroxyl groups excluding tert-OH is 1. The summed E-state index contributed by atoms with van der Waals surface area (Å²) < 4.78 is 0. The van der Waals surface area contributed by atoms with Crippen molar-refractivity contribution in [3.63, 3.8) is 0 Å². The lowest BCUT2D eigenvalue weighted by Crippen LogP contribution is -2.60. The second-order valence-electron chi connectivity index (χ2n) is 5.89. The van der Waals surface area contributed by atoms with Gasteiger partial charge in [0, 0.05) is 18.3 Å². The summed E-state index contributed by atoms with van der Waals surface area (Å²) in [4.78, 5) is 35.0. The van der Waals surface area contributed by atoms with E-state index < -0.39 is 53.3 Å². The van der Waals surface area contributed by atoms with Gasteiger partial charge in [-0.05, 0) is 18.4 Å². The molecule has 124 valence electrons. The molecule has 1 unspecified atom stereocenters. The Bertz CT molecular complexity index is 501. The number of hydrogen-bond acceptors (Lipinski definition) is 6. The summed E-state index contributed by atoms with van der Waals surface area (Å²) in [6.45, 7) is 0. The van der Waals surface area contributed by atoms with Gasteiger partial charge in [-0.1, -0.05) is 0 Å². The number of amides is 1. The zero-order valence-corrected chi connectivity index (χ0v) is 12.9. The Balaban J connectivity index is 2.15. The Morgan fingerprint density at radius 3 is 2.50 bits per heavy atom. The van der Waals surface area contributed by atoms with Crippen LogP contribution in [0.25, 0.3) is 0 Å². The maximum absolute atomic E-state index is 12.1. The van der Waals surface area contributed by atoms with E-state index in [9.17, 15) is 24.6 Å². The number of carboxylic acids is 2. The van der Waals surface area contributed by atoms with Gasteiger partial charge in [-0.3, -0.25) is 9.59 Å². The molecule has 0 radical (unpaired) electrons. The first-order valence-corrected chi connectivity index (χ1v) is 8.36. The van der Waals surface area contributed by atoms with Crippen LogP contribution < -0.4 is 11.1 Å². The third kappa shape index (κ3) is 2.68. The number of aliphatic carboxylic acids is 2. The second-order valence-corrected chi connectivity index (χ2v) is 6.88. The van der Waals surface area contributed by atoms with Crippen molar-refractivity contribution in [2.24, 2.45) is 23.5 Å². The molecule has 0 heterocycles. The number of carbonyl (C=O) groups excluding carboxylic acids is 1. The predicted molar refractivity (Wildman–Crippen MR) is 78.2 cm³/mol. The summed E-state index contributed by atoms with van der Waals surface area (Å²) in [5.41, 5.74) is 3.98. The number of aliphatic hydroxyl groups is 1. The fourth-order valence-corrected chi connectivity index (χ4v) is 3.96. The van der Waals surface area contributed by atoms with E-state index in [1.54, 1.807) is 0 Å². The van der Waals surface area contributed by atoms with Gasteiger partial charge in [-0.25, -0.2) is 4.79 Å². The minimum Gasteiger partial charge on any atom is -0.481 e. The first-order valence-electron chi connectivity index (χ1n) is 6.97. The topological polar surface area (TPSA) is 150 Å². The van der Waals surface area contributed by atoms with Crippen LogP contribution in [0.1, 0.15) is 12.8 Å². The highest BCUT2D eigenvalue weighted by molar-refractivity contribution is 7.98. The summed E-state index contributed by atoms with van der Waals surface area (Å²) >= 11 is 1.51. The normalized spacial score (nSPS) is 37.2. The first kappa shape index (κ1) is 17.0. The maximum atomic E-state index is 12.1. The summed E-state index contributed by atoms with van der Waals surface area (Å²) in [7, 11) is 0. The molecule has 2 saturated carbocycles. The molecule has 0 aromatic carbocycles. The molecule has 2 fully saturated rings. The first-order chi connectivity index (χ1) is 10.3. The van der Waals surface area contributed by atoms with Crippen molar-refractivity contribution in [1.82, 2.24) is 5.32 Å². The van der Waals surface area contributed by atoms with Crippen molar-refractivity contribution in [1.29, 1.82) is 0 Å². The van der Waals surface area contributed by atoms with Crippen LogP contribution in [0.5, 0.6) is 0 Å². The zero-order chi connectivity index (χ0) is 16.7. The highest BCUT2D eigenvalue weighted by atomic mass is 32.2. The Kier molecular flexibility index (Phi) is 4.69. The minimum atomic E-state index is -1.75. The highest BCUT2D eigenvalue weighted by Crippen LogP contribution is 2.62. The number of nitrogens with two attached hydrogens (primary N) is 1. The van der Waals surface area contributed by atoms with E-state index in [1.165, 1.54) is 11.8 Å². The number of thioether (sulfide) groups is 1. The van der Waals surface area contributed by atoms with E-state index in [0.29, 0.717) is 12.2 Å². The van der Waals surface area contributed by atoms with Crippen molar-refractivity contribution < 1.29 is 29.7 Å². The largest absolute Gasteiger partial charge is 0.481 e. The molecular formula is C13H20N2O6S. The molecule has 2 aliphatic rings. The maximum Gasteiger partial charge on any atom is 0.329 e. The zero-order valence-electron chi connectivity index (χ0n) is 12.1. The molecule has 9 heteroatoms. The number of carboxylic acid groups (broad SMARTS) is 2. The Morgan fingerprint density at radius 2 is 2.05 bits per heavy atom. The van der Waals surface area contributed by atoms with Crippen LogP contribution in [0.4, 0.5) is 0 Å².